The highest BCUT2D eigenvalue weighted by molar-refractivity contribution is 6.30. The quantitative estimate of drug-likeness (QED) is 0.650. The van der Waals surface area contributed by atoms with Crippen molar-refractivity contribution in [2.45, 2.75) is 6.92 Å². The van der Waals surface area contributed by atoms with E-state index in [9.17, 15) is 4.79 Å². The van der Waals surface area contributed by atoms with Crippen molar-refractivity contribution in [2.75, 3.05) is 5.73 Å². The first-order valence-electron chi connectivity index (χ1n) is 5.24. The molecule has 0 aromatic heterocycles. The lowest BCUT2D eigenvalue weighted by Gasteiger charge is -2.06. The lowest BCUT2D eigenvalue weighted by molar-refractivity contribution is 0.103. The van der Waals surface area contributed by atoms with Crippen LogP contribution in [-0.4, -0.2) is 5.78 Å². The first-order chi connectivity index (χ1) is 8.08. The molecule has 0 amide bonds. The van der Waals surface area contributed by atoms with Gasteiger partial charge in [0.2, 0.25) is 0 Å². The number of nitrogens with two attached hydrogens (primary N) is 1. The fourth-order valence-corrected chi connectivity index (χ4v) is 1.94. The number of anilines is 1. The van der Waals surface area contributed by atoms with Gasteiger partial charge in [0.25, 0.3) is 0 Å². The smallest absolute Gasteiger partial charge is 0.193 e. The lowest BCUT2D eigenvalue weighted by Crippen LogP contribution is -2.04. The fraction of sp³-hybridized carbons (Fsp3) is 0.0714. The molecule has 0 atom stereocenters. The summed E-state index contributed by atoms with van der Waals surface area (Å²) in [5.74, 6) is -0.0357. The number of rotatable bonds is 2. The van der Waals surface area contributed by atoms with Crippen molar-refractivity contribution in [3.05, 3.63) is 64.2 Å². The third-order valence-corrected chi connectivity index (χ3v) is 2.82. The number of ketones is 1. The summed E-state index contributed by atoms with van der Waals surface area (Å²) in [6, 6.07) is 12.2. The van der Waals surface area contributed by atoms with E-state index in [-0.39, 0.29) is 5.78 Å². The van der Waals surface area contributed by atoms with E-state index in [4.69, 9.17) is 17.3 Å². The number of nitrogen functional groups attached to an aromatic ring is 1. The van der Waals surface area contributed by atoms with Crippen molar-refractivity contribution in [3.8, 4) is 0 Å². The van der Waals surface area contributed by atoms with E-state index >= 15 is 0 Å². The minimum atomic E-state index is -0.0357. The van der Waals surface area contributed by atoms with Crippen molar-refractivity contribution in [1.29, 1.82) is 0 Å². The van der Waals surface area contributed by atoms with E-state index in [2.05, 4.69) is 0 Å². The van der Waals surface area contributed by atoms with Gasteiger partial charge in [-0.05, 0) is 42.8 Å². The van der Waals surface area contributed by atoms with Gasteiger partial charge < -0.3 is 5.73 Å². The SMILES string of the molecule is Cc1cc(Cl)ccc1C(=O)c1cccc(N)c1. The van der Waals surface area contributed by atoms with Crippen LogP contribution in [0.3, 0.4) is 0 Å². The van der Waals surface area contributed by atoms with Gasteiger partial charge in [-0.25, -0.2) is 0 Å². The predicted octanol–water partition coefficient (Wildman–Crippen LogP) is 3.46. The zero-order chi connectivity index (χ0) is 12.4. The van der Waals surface area contributed by atoms with Gasteiger partial charge in [-0.15, -0.1) is 0 Å². The molecule has 2 N–H and O–H groups in total. The van der Waals surface area contributed by atoms with Crippen LogP contribution < -0.4 is 5.73 Å². The maximum Gasteiger partial charge on any atom is 0.193 e. The van der Waals surface area contributed by atoms with Crippen molar-refractivity contribution in [2.24, 2.45) is 0 Å². The first-order valence-corrected chi connectivity index (χ1v) is 5.62. The number of hydrogen-bond acceptors (Lipinski definition) is 2. The Morgan fingerprint density at radius 3 is 2.59 bits per heavy atom. The van der Waals surface area contributed by atoms with Crippen molar-refractivity contribution >= 4 is 23.1 Å². The minimum Gasteiger partial charge on any atom is -0.399 e. The summed E-state index contributed by atoms with van der Waals surface area (Å²) >= 11 is 5.86. The van der Waals surface area contributed by atoms with E-state index < -0.39 is 0 Å². The van der Waals surface area contributed by atoms with Gasteiger partial charge in [0, 0.05) is 21.8 Å². The summed E-state index contributed by atoms with van der Waals surface area (Å²) in [7, 11) is 0. The Morgan fingerprint density at radius 2 is 1.94 bits per heavy atom. The Morgan fingerprint density at radius 1 is 1.18 bits per heavy atom. The molecule has 2 aromatic carbocycles. The second-order valence-corrected chi connectivity index (χ2v) is 4.35. The lowest BCUT2D eigenvalue weighted by atomic mass is 9.99. The molecule has 0 saturated heterocycles. The molecule has 2 nitrogen and oxygen atoms in total. The summed E-state index contributed by atoms with van der Waals surface area (Å²) in [6.45, 7) is 1.87. The molecule has 0 radical (unpaired) electrons. The van der Waals surface area contributed by atoms with Gasteiger partial charge in [0.15, 0.2) is 5.78 Å². The molecule has 2 aromatic rings. The maximum atomic E-state index is 12.2. The van der Waals surface area contributed by atoms with Crippen LogP contribution >= 0.6 is 11.6 Å². The van der Waals surface area contributed by atoms with Crippen molar-refractivity contribution < 1.29 is 4.79 Å². The average Bonchev–Trinajstić information content (AvgIpc) is 2.28. The first kappa shape index (κ1) is 11.7. The van der Waals surface area contributed by atoms with E-state index in [1.54, 1.807) is 42.5 Å². The Balaban J connectivity index is 2.44. The van der Waals surface area contributed by atoms with Crippen LogP contribution in [0.25, 0.3) is 0 Å². The molecule has 86 valence electrons. The predicted molar refractivity (Wildman–Crippen MR) is 70.5 cm³/mol. The summed E-state index contributed by atoms with van der Waals surface area (Å²) in [4.78, 5) is 12.2. The molecule has 17 heavy (non-hydrogen) atoms. The van der Waals surface area contributed by atoms with Gasteiger partial charge in [-0.1, -0.05) is 23.7 Å². The van der Waals surface area contributed by atoms with Gasteiger partial charge in [0.1, 0.15) is 0 Å². The molecule has 0 aliphatic heterocycles. The van der Waals surface area contributed by atoms with E-state index in [1.807, 2.05) is 6.92 Å². The van der Waals surface area contributed by atoms with Crippen LogP contribution in [0.15, 0.2) is 42.5 Å². The second-order valence-electron chi connectivity index (χ2n) is 3.91. The van der Waals surface area contributed by atoms with Crippen LogP contribution in [-0.2, 0) is 0 Å². The molecule has 0 aliphatic carbocycles. The normalized spacial score (nSPS) is 10.2. The molecule has 2 rings (SSSR count). The molecule has 0 heterocycles. The minimum absolute atomic E-state index is 0.0357. The van der Waals surface area contributed by atoms with E-state index in [0.29, 0.717) is 21.8 Å². The third kappa shape index (κ3) is 2.48. The largest absolute Gasteiger partial charge is 0.399 e. The maximum absolute atomic E-state index is 12.2. The zero-order valence-electron chi connectivity index (χ0n) is 9.41. The van der Waals surface area contributed by atoms with Crippen LogP contribution in [0, 0.1) is 6.92 Å². The standard InChI is InChI=1S/C14H12ClNO/c1-9-7-11(15)5-6-13(9)14(17)10-3-2-4-12(16)8-10/h2-8H,16H2,1H3. The molecular weight excluding hydrogens is 234 g/mol. The van der Waals surface area contributed by atoms with E-state index in [1.165, 1.54) is 0 Å². The number of hydrogen-bond donors (Lipinski definition) is 1. The highest BCUT2D eigenvalue weighted by Crippen LogP contribution is 2.19. The Hall–Kier alpha value is -1.80. The molecule has 0 spiro atoms. The van der Waals surface area contributed by atoms with Crippen molar-refractivity contribution in [3.63, 3.8) is 0 Å². The topological polar surface area (TPSA) is 43.1 Å². The second kappa shape index (κ2) is 4.60. The van der Waals surface area contributed by atoms with Crippen LogP contribution in [0.4, 0.5) is 5.69 Å². The monoisotopic (exact) mass is 245 g/mol. The number of aryl methyl sites for hydroxylation is 1. The van der Waals surface area contributed by atoms with Crippen LogP contribution in [0.5, 0.6) is 0 Å². The average molecular weight is 246 g/mol. The Labute approximate surface area is 105 Å². The Kier molecular flexibility index (Phi) is 3.16. The van der Waals surface area contributed by atoms with Crippen LogP contribution in [0.1, 0.15) is 21.5 Å². The van der Waals surface area contributed by atoms with Gasteiger partial charge in [-0.3, -0.25) is 4.79 Å². The number of halogens is 1. The Bertz CT molecular complexity index is 578. The third-order valence-electron chi connectivity index (χ3n) is 2.58. The van der Waals surface area contributed by atoms with E-state index in [0.717, 1.165) is 5.56 Å². The highest BCUT2D eigenvalue weighted by Gasteiger charge is 2.11. The summed E-state index contributed by atoms with van der Waals surface area (Å²) in [5, 5.41) is 0.631. The fourth-order valence-electron chi connectivity index (χ4n) is 1.72. The molecule has 0 saturated carbocycles. The molecule has 0 fully saturated rings. The number of benzene rings is 2. The molecular formula is C14H12ClNO. The molecule has 0 unspecified atom stereocenters. The molecule has 0 aliphatic rings. The number of carbonyl (C=O) groups is 1. The van der Waals surface area contributed by atoms with Gasteiger partial charge >= 0.3 is 0 Å². The summed E-state index contributed by atoms with van der Waals surface area (Å²) < 4.78 is 0. The zero-order valence-corrected chi connectivity index (χ0v) is 10.2. The van der Waals surface area contributed by atoms with Gasteiger partial charge in [-0.2, -0.15) is 0 Å². The van der Waals surface area contributed by atoms with Gasteiger partial charge in [0.05, 0.1) is 0 Å². The summed E-state index contributed by atoms with van der Waals surface area (Å²) in [6.07, 6.45) is 0. The number of carbonyl (C=O) groups excluding carboxylic acids is 1. The van der Waals surface area contributed by atoms with Crippen LogP contribution in [0.2, 0.25) is 5.02 Å². The highest BCUT2D eigenvalue weighted by atomic mass is 35.5. The van der Waals surface area contributed by atoms with Crippen molar-refractivity contribution in [1.82, 2.24) is 0 Å². The molecule has 0 bridgehead atoms. The molecule has 3 heteroatoms. The summed E-state index contributed by atoms with van der Waals surface area (Å²) in [5.41, 5.74) is 8.36.